The number of sulfonamides is 1. The number of anilines is 1. The quantitative estimate of drug-likeness (QED) is 0.553. The zero-order valence-corrected chi connectivity index (χ0v) is 14.1. The highest BCUT2D eigenvalue weighted by atomic mass is 32.2. The monoisotopic (exact) mass is 335 g/mol. The summed E-state index contributed by atoms with van der Waals surface area (Å²) in [7, 11) is -2.17. The number of rotatable bonds is 9. The number of thiophene rings is 1. The van der Waals surface area contributed by atoms with Gasteiger partial charge < -0.3 is 5.32 Å². The highest BCUT2D eigenvalue weighted by Crippen LogP contribution is 2.38. The average Bonchev–Trinajstić information content (AvgIpc) is 2.87. The molecule has 0 spiro atoms. The smallest absolute Gasteiger partial charge is 0.304 e. The van der Waals surface area contributed by atoms with Gasteiger partial charge in [-0.1, -0.05) is 31.6 Å². The molecule has 1 N–H and O–H groups in total. The standard InChI is InChI=1S/C12H21N3O4S2/c1-4-6-8-14(3)21(18,19)11-9-10(15(16)17)12(20-11)13-7-5-2/h9,13H,4-8H2,1-3H3. The summed E-state index contributed by atoms with van der Waals surface area (Å²) in [6.07, 6.45) is 2.44. The van der Waals surface area contributed by atoms with Gasteiger partial charge in [-0.3, -0.25) is 10.1 Å². The van der Waals surface area contributed by atoms with Crippen molar-refractivity contribution in [1.29, 1.82) is 0 Å². The lowest BCUT2D eigenvalue weighted by Gasteiger charge is -2.14. The molecule has 0 saturated carbocycles. The van der Waals surface area contributed by atoms with Gasteiger partial charge in [0.25, 0.3) is 10.0 Å². The maximum atomic E-state index is 12.4. The Bertz CT molecular complexity index is 583. The van der Waals surface area contributed by atoms with Crippen molar-refractivity contribution in [3.63, 3.8) is 0 Å². The van der Waals surface area contributed by atoms with Gasteiger partial charge in [-0.2, -0.15) is 0 Å². The summed E-state index contributed by atoms with van der Waals surface area (Å²) >= 11 is 0.914. The molecule has 120 valence electrons. The van der Waals surface area contributed by atoms with Gasteiger partial charge in [0.15, 0.2) is 5.00 Å². The molecule has 0 bridgehead atoms. The van der Waals surface area contributed by atoms with Crippen LogP contribution in [0.3, 0.4) is 0 Å². The van der Waals surface area contributed by atoms with Gasteiger partial charge in [-0.05, 0) is 12.8 Å². The van der Waals surface area contributed by atoms with Crippen LogP contribution in [-0.4, -0.2) is 37.8 Å². The van der Waals surface area contributed by atoms with Gasteiger partial charge in [0, 0.05) is 26.2 Å². The molecular formula is C12H21N3O4S2. The fourth-order valence-electron chi connectivity index (χ4n) is 1.64. The summed E-state index contributed by atoms with van der Waals surface area (Å²) in [6.45, 7) is 4.88. The van der Waals surface area contributed by atoms with E-state index in [2.05, 4.69) is 5.32 Å². The van der Waals surface area contributed by atoms with Crippen LogP contribution < -0.4 is 5.32 Å². The van der Waals surface area contributed by atoms with Gasteiger partial charge in [-0.15, -0.1) is 0 Å². The maximum Gasteiger partial charge on any atom is 0.304 e. The van der Waals surface area contributed by atoms with E-state index in [4.69, 9.17) is 0 Å². The minimum absolute atomic E-state index is 0.00593. The minimum atomic E-state index is -3.66. The number of unbranched alkanes of at least 4 members (excludes halogenated alkanes) is 1. The lowest BCUT2D eigenvalue weighted by Crippen LogP contribution is -2.27. The van der Waals surface area contributed by atoms with Crippen LogP contribution in [0.4, 0.5) is 10.7 Å². The van der Waals surface area contributed by atoms with Gasteiger partial charge in [0.2, 0.25) is 0 Å². The topological polar surface area (TPSA) is 92.5 Å². The van der Waals surface area contributed by atoms with E-state index in [9.17, 15) is 18.5 Å². The third-order valence-corrected chi connectivity index (χ3v) is 6.30. The Hall–Kier alpha value is -1.19. The second-order valence-corrected chi connectivity index (χ2v) is 7.97. The molecule has 0 aliphatic carbocycles. The van der Waals surface area contributed by atoms with E-state index in [1.54, 1.807) is 0 Å². The fraction of sp³-hybridized carbons (Fsp3) is 0.667. The Morgan fingerprint density at radius 3 is 2.57 bits per heavy atom. The molecule has 1 aromatic heterocycles. The number of nitrogens with one attached hydrogen (secondary N) is 1. The molecule has 0 amide bonds. The molecule has 9 heteroatoms. The van der Waals surface area contributed by atoms with Crippen LogP contribution in [0.15, 0.2) is 10.3 Å². The molecule has 1 heterocycles. The molecule has 0 fully saturated rings. The molecule has 7 nitrogen and oxygen atoms in total. The number of hydrogen-bond acceptors (Lipinski definition) is 6. The predicted molar refractivity (Wildman–Crippen MR) is 84.5 cm³/mol. The first kappa shape index (κ1) is 17.9. The highest BCUT2D eigenvalue weighted by Gasteiger charge is 2.28. The van der Waals surface area contributed by atoms with Crippen molar-refractivity contribution < 1.29 is 13.3 Å². The lowest BCUT2D eigenvalue weighted by atomic mass is 10.3. The third-order valence-electron chi connectivity index (χ3n) is 2.91. The van der Waals surface area contributed by atoms with Crippen LogP contribution in [-0.2, 0) is 10.0 Å². The van der Waals surface area contributed by atoms with Crippen molar-refractivity contribution in [3.05, 3.63) is 16.2 Å². The largest absolute Gasteiger partial charge is 0.371 e. The number of nitrogens with zero attached hydrogens (tertiary/aromatic N) is 2. The zero-order valence-electron chi connectivity index (χ0n) is 12.5. The molecule has 0 atom stereocenters. The lowest BCUT2D eigenvalue weighted by molar-refractivity contribution is -0.383. The van der Waals surface area contributed by atoms with Gasteiger partial charge >= 0.3 is 5.69 Å². The molecule has 0 saturated heterocycles. The molecule has 1 rings (SSSR count). The van der Waals surface area contributed by atoms with Crippen molar-refractivity contribution in [2.75, 3.05) is 25.5 Å². The Kier molecular flexibility index (Phi) is 6.56. The van der Waals surface area contributed by atoms with Gasteiger partial charge in [0.1, 0.15) is 4.21 Å². The molecule has 0 aliphatic heterocycles. The molecule has 21 heavy (non-hydrogen) atoms. The third kappa shape index (κ3) is 4.39. The highest BCUT2D eigenvalue weighted by molar-refractivity contribution is 7.91. The number of nitro groups is 1. The summed E-state index contributed by atoms with van der Waals surface area (Å²) in [5.41, 5.74) is -0.184. The van der Waals surface area contributed by atoms with Crippen LogP contribution in [0, 0.1) is 10.1 Å². The Labute approximate surface area is 129 Å². The first-order valence-electron chi connectivity index (χ1n) is 6.83. The average molecular weight is 335 g/mol. The van der Waals surface area contributed by atoms with Gasteiger partial charge in [-0.25, -0.2) is 12.7 Å². The summed E-state index contributed by atoms with van der Waals surface area (Å²) < 4.78 is 26.0. The van der Waals surface area contributed by atoms with Crippen molar-refractivity contribution in [3.8, 4) is 0 Å². The van der Waals surface area contributed by atoms with E-state index in [1.165, 1.54) is 11.4 Å². The van der Waals surface area contributed by atoms with E-state index in [0.717, 1.165) is 36.7 Å². The van der Waals surface area contributed by atoms with E-state index in [-0.39, 0.29) is 9.90 Å². The van der Waals surface area contributed by atoms with Crippen molar-refractivity contribution in [2.24, 2.45) is 0 Å². The normalized spacial score (nSPS) is 11.8. The van der Waals surface area contributed by atoms with Crippen molar-refractivity contribution >= 4 is 32.0 Å². The summed E-state index contributed by atoms with van der Waals surface area (Å²) in [4.78, 5) is 10.5. The molecular weight excluding hydrogens is 314 g/mol. The minimum Gasteiger partial charge on any atom is -0.371 e. The van der Waals surface area contributed by atoms with Crippen molar-refractivity contribution in [2.45, 2.75) is 37.3 Å². The first-order chi connectivity index (χ1) is 9.84. The van der Waals surface area contributed by atoms with Crippen LogP contribution in [0.25, 0.3) is 0 Å². The SMILES string of the molecule is CCCCN(C)S(=O)(=O)c1cc([N+](=O)[O-])c(NCCC)s1. The van der Waals surface area contributed by atoms with E-state index in [0.29, 0.717) is 18.1 Å². The second-order valence-electron chi connectivity index (χ2n) is 4.64. The fourth-order valence-corrected chi connectivity index (χ4v) is 4.42. The van der Waals surface area contributed by atoms with E-state index < -0.39 is 14.9 Å². The summed E-state index contributed by atoms with van der Waals surface area (Å²) in [5, 5.41) is 14.2. The molecule has 0 radical (unpaired) electrons. The van der Waals surface area contributed by atoms with Gasteiger partial charge in [0.05, 0.1) is 4.92 Å². The van der Waals surface area contributed by atoms with Crippen LogP contribution in [0.2, 0.25) is 0 Å². The first-order valence-corrected chi connectivity index (χ1v) is 9.08. The van der Waals surface area contributed by atoms with Crippen LogP contribution >= 0.6 is 11.3 Å². The molecule has 0 aromatic carbocycles. The van der Waals surface area contributed by atoms with E-state index in [1.807, 2.05) is 13.8 Å². The molecule has 0 unspecified atom stereocenters. The Balaban J connectivity index is 3.09. The summed E-state index contributed by atoms with van der Waals surface area (Å²) in [5.74, 6) is 0. The van der Waals surface area contributed by atoms with Crippen LogP contribution in [0.5, 0.6) is 0 Å². The second kappa shape index (κ2) is 7.71. The molecule has 1 aromatic rings. The zero-order chi connectivity index (χ0) is 16.0. The maximum absolute atomic E-state index is 12.4. The Morgan fingerprint density at radius 1 is 1.38 bits per heavy atom. The molecule has 0 aliphatic rings. The predicted octanol–water partition coefficient (Wildman–Crippen LogP) is 2.90. The van der Waals surface area contributed by atoms with E-state index >= 15 is 0 Å². The van der Waals surface area contributed by atoms with Crippen molar-refractivity contribution in [1.82, 2.24) is 4.31 Å². The number of hydrogen-bond donors (Lipinski definition) is 1. The summed E-state index contributed by atoms with van der Waals surface area (Å²) in [6, 6.07) is 1.14. The van der Waals surface area contributed by atoms with Crippen LogP contribution in [0.1, 0.15) is 33.1 Å². The Morgan fingerprint density at radius 2 is 2.05 bits per heavy atom.